The molecule has 3 aromatic rings. The van der Waals surface area contributed by atoms with Crippen molar-refractivity contribution in [3.63, 3.8) is 0 Å². The molecular weight excluding hydrogens is 516 g/mol. The van der Waals surface area contributed by atoms with Gasteiger partial charge < -0.3 is 20.8 Å². The lowest BCUT2D eigenvalue weighted by atomic mass is 9.94. The molecule has 3 rings (SSSR count). The lowest BCUT2D eigenvalue weighted by Gasteiger charge is -2.31. The molecule has 198 valence electrons. The van der Waals surface area contributed by atoms with Gasteiger partial charge in [-0.3, -0.25) is 14.3 Å². The molecule has 0 radical (unpaired) electrons. The number of hydrogen-bond donors (Lipinski definition) is 5. The number of thiazole rings is 1. The smallest absolute Gasteiger partial charge is 0.271 e. The summed E-state index contributed by atoms with van der Waals surface area (Å²) in [5.41, 5.74) is 1.17. The molecule has 0 aliphatic heterocycles. The molecule has 0 spiro atoms. The highest BCUT2D eigenvalue weighted by atomic mass is 32.2. The quantitative estimate of drug-likeness (QED) is 0.232. The van der Waals surface area contributed by atoms with Crippen molar-refractivity contribution >= 4 is 38.3 Å². The van der Waals surface area contributed by atoms with Crippen molar-refractivity contribution in [3.05, 3.63) is 82.9 Å². The van der Waals surface area contributed by atoms with Crippen LogP contribution in [0.1, 0.15) is 40.3 Å². The summed E-state index contributed by atoms with van der Waals surface area (Å²) in [5.74, 6) is -1.20. The zero-order valence-electron chi connectivity index (χ0n) is 20.4. The Morgan fingerprint density at radius 1 is 0.946 bits per heavy atom. The topological polar surface area (TPSA) is 158 Å². The Labute approximate surface area is 219 Å². The first-order valence-electron chi connectivity index (χ1n) is 11.6. The van der Waals surface area contributed by atoms with Gasteiger partial charge in [-0.25, -0.2) is 13.4 Å². The van der Waals surface area contributed by atoms with Crippen LogP contribution < -0.4 is 15.4 Å². The highest BCUT2D eigenvalue weighted by Gasteiger charge is 2.33. The van der Waals surface area contributed by atoms with Crippen molar-refractivity contribution in [2.75, 3.05) is 10.5 Å². The summed E-state index contributed by atoms with van der Waals surface area (Å²) < 4.78 is 25.9. The van der Waals surface area contributed by atoms with Crippen molar-refractivity contribution in [2.24, 2.45) is 0 Å². The van der Waals surface area contributed by atoms with E-state index in [2.05, 4.69) is 20.3 Å². The van der Waals surface area contributed by atoms with Crippen molar-refractivity contribution in [2.45, 2.75) is 44.6 Å². The molecule has 2 amide bonds. The summed E-state index contributed by atoms with van der Waals surface area (Å²) in [6.07, 6.45) is -2.68. The van der Waals surface area contributed by atoms with Gasteiger partial charge in [0.2, 0.25) is 10.0 Å². The van der Waals surface area contributed by atoms with Gasteiger partial charge in [0.25, 0.3) is 11.8 Å². The molecule has 10 nitrogen and oxygen atoms in total. The Balaban J connectivity index is 1.74. The van der Waals surface area contributed by atoms with Crippen LogP contribution in [0.25, 0.3) is 0 Å². The van der Waals surface area contributed by atoms with E-state index in [1.807, 2.05) is 30.3 Å². The van der Waals surface area contributed by atoms with Gasteiger partial charge >= 0.3 is 0 Å². The van der Waals surface area contributed by atoms with Crippen LogP contribution in [0.5, 0.6) is 0 Å². The minimum atomic E-state index is -3.55. The predicted octanol–water partition coefficient (Wildman–Crippen LogP) is 1.79. The van der Waals surface area contributed by atoms with Crippen molar-refractivity contribution in [1.29, 1.82) is 0 Å². The molecule has 0 saturated heterocycles. The predicted molar refractivity (Wildman–Crippen MR) is 142 cm³/mol. The summed E-state index contributed by atoms with van der Waals surface area (Å²) in [4.78, 5) is 29.5. The standard InChI is InChI=1S/C25H30N4O6S2/c1-3-37(34,35)29-25-28-20(15-36-25)24(33)27-19(14-17-10-6-4-7-11-17)22(31)21(30)16(2)26-23(32)18-12-8-5-9-13-18/h4-13,15-16,19,21-22,30-31H,3,14H2,1-2H3,(H,26,32)(H,27,33)(H,28,29)/t16-,19+,21-,22-/m1/s1. The Hall–Kier alpha value is -3.32. The third kappa shape index (κ3) is 8.09. The second kappa shape index (κ2) is 12.8. The van der Waals surface area contributed by atoms with Crippen LogP contribution in [0.4, 0.5) is 5.13 Å². The minimum Gasteiger partial charge on any atom is -0.388 e. The second-order valence-corrected chi connectivity index (χ2v) is 11.3. The highest BCUT2D eigenvalue weighted by molar-refractivity contribution is 7.92. The lowest BCUT2D eigenvalue weighted by molar-refractivity contribution is -0.0188. The molecule has 5 N–H and O–H groups in total. The third-order valence-electron chi connectivity index (χ3n) is 5.64. The van der Waals surface area contributed by atoms with Crippen LogP contribution in [0.2, 0.25) is 0 Å². The largest absolute Gasteiger partial charge is 0.388 e. The monoisotopic (exact) mass is 546 g/mol. The van der Waals surface area contributed by atoms with Gasteiger partial charge in [0.15, 0.2) is 5.13 Å². The number of benzene rings is 2. The van der Waals surface area contributed by atoms with Crippen molar-refractivity contribution < 1.29 is 28.2 Å². The van der Waals surface area contributed by atoms with Crippen LogP contribution in [0.15, 0.2) is 66.0 Å². The average molecular weight is 547 g/mol. The Bertz CT molecular complexity index is 1280. The number of aliphatic hydroxyl groups excluding tert-OH is 2. The second-order valence-electron chi connectivity index (χ2n) is 8.42. The first-order valence-corrected chi connectivity index (χ1v) is 14.2. The molecule has 12 heteroatoms. The number of nitrogens with zero attached hydrogens (tertiary/aromatic N) is 1. The fourth-order valence-electron chi connectivity index (χ4n) is 3.50. The van der Waals surface area contributed by atoms with E-state index in [-0.39, 0.29) is 23.0 Å². The van der Waals surface area contributed by atoms with Crippen LogP contribution in [-0.4, -0.2) is 65.5 Å². The van der Waals surface area contributed by atoms with Gasteiger partial charge in [0.1, 0.15) is 17.9 Å². The maximum Gasteiger partial charge on any atom is 0.271 e. The van der Waals surface area contributed by atoms with E-state index < -0.39 is 46.1 Å². The van der Waals surface area contributed by atoms with E-state index in [1.54, 1.807) is 37.3 Å². The summed E-state index contributed by atoms with van der Waals surface area (Å²) in [6.45, 7) is 3.04. The number of carbonyl (C=O) groups is 2. The Kier molecular flexibility index (Phi) is 9.75. The van der Waals surface area contributed by atoms with E-state index in [0.717, 1.165) is 16.9 Å². The van der Waals surface area contributed by atoms with E-state index in [0.29, 0.717) is 5.56 Å². The number of hydrogen-bond acceptors (Lipinski definition) is 8. The molecule has 0 unspecified atom stereocenters. The molecule has 0 bridgehead atoms. The van der Waals surface area contributed by atoms with Crippen LogP contribution in [-0.2, 0) is 16.4 Å². The maximum absolute atomic E-state index is 12.9. The molecule has 0 saturated carbocycles. The third-order valence-corrected chi connectivity index (χ3v) is 7.80. The fraction of sp³-hybridized carbons (Fsp3) is 0.320. The molecule has 1 heterocycles. The molecule has 0 aliphatic rings. The number of nitrogens with one attached hydrogen (secondary N) is 3. The molecule has 0 aliphatic carbocycles. The number of aliphatic hydroxyl groups is 2. The summed E-state index contributed by atoms with van der Waals surface area (Å²) in [6, 6.07) is 15.8. The van der Waals surface area contributed by atoms with Gasteiger partial charge in [-0.1, -0.05) is 48.5 Å². The van der Waals surface area contributed by atoms with E-state index >= 15 is 0 Å². The van der Waals surface area contributed by atoms with Gasteiger partial charge in [-0.2, -0.15) is 0 Å². The number of rotatable bonds is 12. The molecule has 4 atom stereocenters. The molecule has 0 fully saturated rings. The molecule has 37 heavy (non-hydrogen) atoms. The van der Waals surface area contributed by atoms with Crippen LogP contribution in [0.3, 0.4) is 0 Å². The van der Waals surface area contributed by atoms with Crippen molar-refractivity contribution in [1.82, 2.24) is 15.6 Å². The fourth-order valence-corrected chi connectivity index (χ4v) is 5.06. The van der Waals surface area contributed by atoms with Gasteiger partial charge in [-0.05, 0) is 38.0 Å². The summed E-state index contributed by atoms with van der Waals surface area (Å²) >= 11 is 0.954. The summed E-state index contributed by atoms with van der Waals surface area (Å²) in [7, 11) is -3.55. The Morgan fingerprint density at radius 3 is 2.19 bits per heavy atom. The maximum atomic E-state index is 12.9. The van der Waals surface area contributed by atoms with Crippen molar-refractivity contribution in [3.8, 4) is 0 Å². The van der Waals surface area contributed by atoms with E-state index in [1.165, 1.54) is 12.3 Å². The normalized spacial score (nSPS) is 14.7. The number of anilines is 1. The lowest BCUT2D eigenvalue weighted by Crippen LogP contribution is -2.55. The van der Waals surface area contributed by atoms with E-state index in [4.69, 9.17) is 0 Å². The van der Waals surface area contributed by atoms with Gasteiger partial charge in [0, 0.05) is 10.9 Å². The number of amides is 2. The summed E-state index contributed by atoms with van der Waals surface area (Å²) in [5, 5.41) is 28.7. The van der Waals surface area contributed by atoms with Gasteiger partial charge in [-0.15, -0.1) is 11.3 Å². The molecule has 2 aromatic carbocycles. The SMILES string of the molecule is CCS(=O)(=O)Nc1nc(C(=O)N[C@@H](Cc2ccccc2)[C@@H](O)[C@H](O)[C@@H](C)NC(=O)c2ccccc2)cs1. The number of sulfonamides is 1. The average Bonchev–Trinajstić information content (AvgIpc) is 3.36. The minimum absolute atomic E-state index is 0.0380. The van der Waals surface area contributed by atoms with E-state index in [9.17, 15) is 28.2 Å². The van der Waals surface area contributed by atoms with Crippen LogP contribution >= 0.6 is 11.3 Å². The molecular formula is C25H30N4O6S2. The highest BCUT2D eigenvalue weighted by Crippen LogP contribution is 2.18. The first-order chi connectivity index (χ1) is 17.6. The zero-order chi connectivity index (χ0) is 27.0. The Morgan fingerprint density at radius 2 is 1.57 bits per heavy atom. The number of carbonyl (C=O) groups excluding carboxylic acids is 2. The molecule has 1 aromatic heterocycles. The zero-order valence-corrected chi connectivity index (χ0v) is 22.0. The first kappa shape index (κ1) is 28.3. The van der Waals surface area contributed by atoms with Gasteiger partial charge in [0.05, 0.1) is 17.8 Å². The number of aromatic nitrogens is 1. The van der Waals surface area contributed by atoms with Crippen LogP contribution in [0, 0.1) is 0 Å².